The first-order valence-electron chi connectivity index (χ1n) is 5.98. The standard InChI is InChI=1S/C14H14N4S.2ClH/c1-19-14-4-2-3-13(7-14)18-9-12(16-11-18)8-17-6-5-15-10-17;;/h2-7,9-11H,8H2,1H3;2*1H. The number of hydrogen-bond donors (Lipinski definition) is 0. The predicted molar refractivity (Wildman–Crippen MR) is 91.2 cm³/mol. The summed E-state index contributed by atoms with van der Waals surface area (Å²) in [5.74, 6) is 0. The molecule has 0 radical (unpaired) electrons. The molecule has 0 bridgehead atoms. The van der Waals surface area contributed by atoms with Crippen LogP contribution in [0, 0.1) is 0 Å². The van der Waals surface area contributed by atoms with E-state index in [0.29, 0.717) is 0 Å². The highest BCUT2D eigenvalue weighted by Gasteiger charge is 2.02. The molecule has 3 rings (SSSR count). The molecule has 4 nitrogen and oxygen atoms in total. The monoisotopic (exact) mass is 342 g/mol. The van der Waals surface area contributed by atoms with Gasteiger partial charge in [0.05, 0.1) is 24.9 Å². The molecule has 0 amide bonds. The molecule has 0 saturated carbocycles. The summed E-state index contributed by atoms with van der Waals surface area (Å²) < 4.78 is 4.05. The number of hydrogen-bond acceptors (Lipinski definition) is 3. The normalized spacial score (nSPS) is 9.76. The van der Waals surface area contributed by atoms with E-state index in [4.69, 9.17) is 0 Å². The van der Waals surface area contributed by atoms with Gasteiger partial charge in [0.25, 0.3) is 0 Å². The maximum Gasteiger partial charge on any atom is 0.0996 e. The van der Waals surface area contributed by atoms with Crippen molar-refractivity contribution >= 4 is 36.6 Å². The molecule has 112 valence electrons. The van der Waals surface area contributed by atoms with Crippen molar-refractivity contribution in [2.45, 2.75) is 11.4 Å². The van der Waals surface area contributed by atoms with E-state index in [-0.39, 0.29) is 24.8 Å². The highest BCUT2D eigenvalue weighted by molar-refractivity contribution is 7.98. The highest BCUT2D eigenvalue weighted by atomic mass is 35.5. The van der Waals surface area contributed by atoms with Gasteiger partial charge in [0.2, 0.25) is 0 Å². The third-order valence-corrected chi connectivity index (χ3v) is 3.62. The second-order valence-corrected chi connectivity index (χ2v) is 5.09. The molecule has 0 aliphatic heterocycles. The number of nitrogens with zero attached hydrogens (tertiary/aromatic N) is 4. The molecule has 21 heavy (non-hydrogen) atoms. The summed E-state index contributed by atoms with van der Waals surface area (Å²) in [5, 5.41) is 0. The Bertz CT molecular complexity index is 667. The Morgan fingerprint density at radius 2 is 2.05 bits per heavy atom. The van der Waals surface area contributed by atoms with Crippen molar-refractivity contribution in [1.29, 1.82) is 0 Å². The molecular weight excluding hydrogens is 327 g/mol. The smallest absolute Gasteiger partial charge is 0.0996 e. The zero-order valence-corrected chi connectivity index (χ0v) is 13.9. The van der Waals surface area contributed by atoms with Crippen LogP contribution in [0.15, 0.2) is 60.4 Å². The number of halogens is 2. The molecule has 0 fully saturated rings. The lowest BCUT2D eigenvalue weighted by Crippen LogP contribution is -1.96. The molecule has 0 saturated heterocycles. The van der Waals surface area contributed by atoms with Gasteiger partial charge in [0.1, 0.15) is 0 Å². The number of rotatable bonds is 4. The molecule has 0 atom stereocenters. The van der Waals surface area contributed by atoms with Gasteiger partial charge in [-0.25, -0.2) is 9.97 Å². The zero-order valence-electron chi connectivity index (χ0n) is 11.4. The van der Waals surface area contributed by atoms with Gasteiger partial charge in [-0.15, -0.1) is 36.6 Å². The van der Waals surface area contributed by atoms with E-state index in [1.165, 1.54) is 4.90 Å². The lowest BCUT2D eigenvalue weighted by molar-refractivity contribution is 0.778. The lowest BCUT2D eigenvalue weighted by Gasteiger charge is -2.03. The van der Waals surface area contributed by atoms with Gasteiger partial charge in [0.15, 0.2) is 0 Å². The molecule has 0 aliphatic rings. The van der Waals surface area contributed by atoms with Crippen molar-refractivity contribution in [3.8, 4) is 5.69 Å². The molecular formula is C14H16Cl2N4S. The highest BCUT2D eigenvalue weighted by Crippen LogP contribution is 2.18. The molecule has 0 unspecified atom stereocenters. The lowest BCUT2D eigenvalue weighted by atomic mass is 10.3. The molecule has 7 heteroatoms. The Kier molecular flexibility index (Phi) is 6.81. The SMILES string of the molecule is CSc1cccc(-n2cnc(Cn3ccnc3)c2)c1.Cl.Cl. The first-order chi connectivity index (χ1) is 9.35. The van der Waals surface area contributed by atoms with Gasteiger partial charge in [-0.2, -0.15) is 0 Å². The molecule has 2 aromatic heterocycles. The fraction of sp³-hybridized carbons (Fsp3) is 0.143. The van der Waals surface area contributed by atoms with Crippen LogP contribution in [0.5, 0.6) is 0 Å². The van der Waals surface area contributed by atoms with Gasteiger partial charge >= 0.3 is 0 Å². The maximum atomic E-state index is 4.43. The second-order valence-electron chi connectivity index (χ2n) is 4.21. The van der Waals surface area contributed by atoms with Crippen LogP contribution in [0.3, 0.4) is 0 Å². The number of thioether (sulfide) groups is 1. The van der Waals surface area contributed by atoms with Gasteiger partial charge in [-0.1, -0.05) is 6.07 Å². The van der Waals surface area contributed by atoms with Crippen LogP contribution < -0.4 is 0 Å². The van der Waals surface area contributed by atoms with Crippen LogP contribution in [-0.2, 0) is 6.54 Å². The summed E-state index contributed by atoms with van der Waals surface area (Å²) in [4.78, 5) is 9.71. The molecule has 2 heterocycles. The van der Waals surface area contributed by atoms with Crippen molar-refractivity contribution in [3.63, 3.8) is 0 Å². The van der Waals surface area contributed by atoms with E-state index in [9.17, 15) is 0 Å². The minimum atomic E-state index is 0. The first-order valence-corrected chi connectivity index (χ1v) is 7.20. The zero-order chi connectivity index (χ0) is 13.1. The number of benzene rings is 1. The summed E-state index contributed by atoms with van der Waals surface area (Å²) in [7, 11) is 0. The van der Waals surface area contributed by atoms with E-state index < -0.39 is 0 Å². The van der Waals surface area contributed by atoms with E-state index in [0.717, 1.165) is 17.9 Å². The second kappa shape index (κ2) is 8.12. The van der Waals surface area contributed by atoms with Crippen molar-refractivity contribution in [3.05, 3.63) is 61.2 Å². The molecule has 0 N–H and O–H groups in total. The molecule has 0 spiro atoms. The summed E-state index contributed by atoms with van der Waals surface area (Å²) in [6.45, 7) is 0.745. The summed E-state index contributed by atoms with van der Waals surface area (Å²) in [6.07, 6.45) is 11.5. The number of aromatic nitrogens is 4. The van der Waals surface area contributed by atoms with Crippen molar-refractivity contribution in [2.24, 2.45) is 0 Å². The Morgan fingerprint density at radius 3 is 2.76 bits per heavy atom. The molecule has 1 aromatic carbocycles. The Morgan fingerprint density at radius 1 is 1.19 bits per heavy atom. The van der Waals surface area contributed by atoms with Gasteiger partial charge < -0.3 is 9.13 Å². The summed E-state index contributed by atoms with van der Waals surface area (Å²) >= 11 is 1.74. The summed E-state index contributed by atoms with van der Waals surface area (Å²) in [5.41, 5.74) is 2.16. The average molecular weight is 343 g/mol. The predicted octanol–water partition coefficient (Wildman–Crippen LogP) is 3.68. The maximum absolute atomic E-state index is 4.43. The fourth-order valence-corrected chi connectivity index (χ4v) is 2.38. The quantitative estimate of drug-likeness (QED) is 0.678. The Hall–Kier alpha value is -1.43. The fourth-order valence-electron chi connectivity index (χ4n) is 1.92. The van der Waals surface area contributed by atoms with E-state index in [1.54, 1.807) is 24.3 Å². The molecule has 3 aromatic rings. The third-order valence-electron chi connectivity index (χ3n) is 2.89. The summed E-state index contributed by atoms with van der Waals surface area (Å²) in [6, 6.07) is 8.42. The topological polar surface area (TPSA) is 35.6 Å². The van der Waals surface area contributed by atoms with Crippen LogP contribution in [0.4, 0.5) is 0 Å². The minimum absolute atomic E-state index is 0. The van der Waals surface area contributed by atoms with Gasteiger partial charge in [-0.05, 0) is 24.5 Å². The van der Waals surface area contributed by atoms with E-state index in [1.807, 2.05) is 21.7 Å². The third kappa shape index (κ3) is 4.27. The first kappa shape index (κ1) is 17.6. The van der Waals surface area contributed by atoms with E-state index >= 15 is 0 Å². The van der Waals surface area contributed by atoms with Crippen molar-refractivity contribution < 1.29 is 0 Å². The molecule has 0 aliphatic carbocycles. The minimum Gasteiger partial charge on any atom is -0.331 e. The average Bonchev–Trinajstić information content (AvgIpc) is 3.11. The van der Waals surface area contributed by atoms with E-state index in [2.05, 4.69) is 46.7 Å². The van der Waals surface area contributed by atoms with Crippen LogP contribution in [0.25, 0.3) is 5.69 Å². The van der Waals surface area contributed by atoms with Gasteiger partial charge in [-0.3, -0.25) is 0 Å². The van der Waals surface area contributed by atoms with Gasteiger partial charge in [0, 0.05) is 29.2 Å². The van der Waals surface area contributed by atoms with Crippen molar-refractivity contribution in [1.82, 2.24) is 19.1 Å². The Balaban J connectivity index is 0.00000110. The van der Waals surface area contributed by atoms with Crippen LogP contribution >= 0.6 is 36.6 Å². The van der Waals surface area contributed by atoms with Crippen LogP contribution in [0.1, 0.15) is 5.69 Å². The van der Waals surface area contributed by atoms with Crippen molar-refractivity contribution in [2.75, 3.05) is 6.26 Å². The number of imidazole rings is 2. The largest absolute Gasteiger partial charge is 0.331 e. The van der Waals surface area contributed by atoms with Crippen LogP contribution in [0.2, 0.25) is 0 Å². The Labute approximate surface area is 140 Å². The van der Waals surface area contributed by atoms with Crippen LogP contribution in [-0.4, -0.2) is 25.4 Å².